The SMILES string of the molecule is C/C(C=O)=C/C=C\N(C)C(c1ccccc1)c1ccccc1. The van der Waals surface area contributed by atoms with Gasteiger partial charge in [0.25, 0.3) is 0 Å². The van der Waals surface area contributed by atoms with Crippen LogP contribution >= 0.6 is 0 Å². The lowest BCUT2D eigenvalue weighted by atomic mass is 9.98. The molecular formula is C20H21NO. The smallest absolute Gasteiger partial charge is 0.145 e. The molecule has 0 aliphatic carbocycles. The number of benzene rings is 2. The van der Waals surface area contributed by atoms with E-state index in [0.29, 0.717) is 5.57 Å². The molecule has 2 rings (SSSR count). The predicted octanol–water partition coefficient (Wildman–Crippen LogP) is 4.37. The van der Waals surface area contributed by atoms with Gasteiger partial charge in [0.1, 0.15) is 6.29 Å². The van der Waals surface area contributed by atoms with Gasteiger partial charge >= 0.3 is 0 Å². The van der Waals surface area contributed by atoms with Crippen molar-refractivity contribution in [1.82, 2.24) is 4.90 Å². The number of hydrogen-bond acceptors (Lipinski definition) is 2. The highest BCUT2D eigenvalue weighted by atomic mass is 16.1. The first-order valence-electron chi connectivity index (χ1n) is 7.34. The summed E-state index contributed by atoms with van der Waals surface area (Å²) in [6, 6.07) is 20.9. The van der Waals surface area contributed by atoms with E-state index in [1.54, 1.807) is 6.92 Å². The third-order valence-electron chi connectivity index (χ3n) is 3.50. The Kier molecular flexibility index (Phi) is 5.73. The number of hydrogen-bond donors (Lipinski definition) is 0. The predicted molar refractivity (Wildman–Crippen MR) is 91.5 cm³/mol. The van der Waals surface area contributed by atoms with E-state index in [4.69, 9.17) is 0 Å². The maximum Gasteiger partial charge on any atom is 0.145 e. The van der Waals surface area contributed by atoms with E-state index in [1.165, 1.54) is 11.1 Å². The van der Waals surface area contributed by atoms with Crippen molar-refractivity contribution in [2.45, 2.75) is 13.0 Å². The number of aldehydes is 1. The number of carbonyl (C=O) groups is 1. The summed E-state index contributed by atoms with van der Waals surface area (Å²) in [5.74, 6) is 0. The van der Waals surface area contributed by atoms with Crippen molar-refractivity contribution in [2.24, 2.45) is 0 Å². The van der Waals surface area contributed by atoms with Gasteiger partial charge in [-0.05, 0) is 35.9 Å². The van der Waals surface area contributed by atoms with Crippen molar-refractivity contribution in [2.75, 3.05) is 7.05 Å². The van der Waals surface area contributed by atoms with Crippen LogP contribution in [0.5, 0.6) is 0 Å². The molecule has 0 spiro atoms. The van der Waals surface area contributed by atoms with E-state index in [-0.39, 0.29) is 6.04 Å². The van der Waals surface area contributed by atoms with Crippen LogP contribution in [0.1, 0.15) is 24.1 Å². The van der Waals surface area contributed by atoms with Crippen LogP contribution in [0.25, 0.3) is 0 Å². The Morgan fingerprint density at radius 2 is 1.45 bits per heavy atom. The largest absolute Gasteiger partial charge is 0.369 e. The fourth-order valence-electron chi connectivity index (χ4n) is 2.39. The molecule has 0 N–H and O–H groups in total. The van der Waals surface area contributed by atoms with Crippen molar-refractivity contribution < 1.29 is 4.79 Å². The summed E-state index contributed by atoms with van der Waals surface area (Å²) in [4.78, 5) is 12.8. The first kappa shape index (κ1) is 15.8. The zero-order chi connectivity index (χ0) is 15.8. The van der Waals surface area contributed by atoms with Crippen molar-refractivity contribution in [3.63, 3.8) is 0 Å². The van der Waals surface area contributed by atoms with Crippen molar-refractivity contribution in [1.29, 1.82) is 0 Å². The molecule has 112 valence electrons. The molecule has 0 bridgehead atoms. The second-order valence-electron chi connectivity index (χ2n) is 5.26. The minimum absolute atomic E-state index is 0.142. The second kappa shape index (κ2) is 7.99. The molecule has 0 atom stereocenters. The van der Waals surface area contributed by atoms with E-state index >= 15 is 0 Å². The van der Waals surface area contributed by atoms with Gasteiger partial charge in [0, 0.05) is 7.05 Å². The topological polar surface area (TPSA) is 20.3 Å². The Labute approximate surface area is 132 Å². The molecule has 2 nitrogen and oxygen atoms in total. The molecule has 2 heteroatoms. The summed E-state index contributed by atoms with van der Waals surface area (Å²) in [7, 11) is 2.05. The molecule has 0 aromatic heterocycles. The van der Waals surface area contributed by atoms with Gasteiger partial charge in [-0.2, -0.15) is 0 Å². The average molecular weight is 291 g/mol. The number of rotatable bonds is 6. The monoisotopic (exact) mass is 291 g/mol. The summed E-state index contributed by atoms with van der Waals surface area (Å²) in [6.45, 7) is 1.79. The molecule has 0 heterocycles. The normalized spacial score (nSPS) is 11.9. The maximum atomic E-state index is 10.6. The lowest BCUT2D eigenvalue weighted by molar-refractivity contribution is -0.104. The van der Waals surface area contributed by atoms with Crippen LogP contribution in [0.2, 0.25) is 0 Å². The van der Waals surface area contributed by atoms with Crippen LogP contribution in [0.3, 0.4) is 0 Å². The van der Waals surface area contributed by atoms with Gasteiger partial charge in [0.05, 0.1) is 6.04 Å². The Morgan fingerprint density at radius 1 is 0.955 bits per heavy atom. The van der Waals surface area contributed by atoms with Crippen LogP contribution in [0.4, 0.5) is 0 Å². The van der Waals surface area contributed by atoms with Gasteiger partial charge in [-0.15, -0.1) is 0 Å². The first-order valence-corrected chi connectivity index (χ1v) is 7.34. The minimum Gasteiger partial charge on any atom is -0.369 e. The molecule has 0 amide bonds. The fourth-order valence-corrected chi connectivity index (χ4v) is 2.39. The van der Waals surface area contributed by atoms with E-state index in [0.717, 1.165) is 6.29 Å². The minimum atomic E-state index is 0.142. The molecule has 0 saturated carbocycles. The second-order valence-corrected chi connectivity index (χ2v) is 5.26. The molecule has 0 fully saturated rings. The molecule has 2 aromatic rings. The summed E-state index contributed by atoms with van der Waals surface area (Å²) in [5.41, 5.74) is 3.18. The average Bonchev–Trinajstić information content (AvgIpc) is 2.57. The quantitative estimate of drug-likeness (QED) is 0.447. The van der Waals surface area contributed by atoms with Gasteiger partial charge in [-0.3, -0.25) is 4.79 Å². The molecule has 0 saturated heterocycles. The van der Waals surface area contributed by atoms with Gasteiger partial charge in [-0.1, -0.05) is 66.7 Å². The first-order chi connectivity index (χ1) is 10.7. The fraction of sp³-hybridized carbons (Fsp3) is 0.150. The van der Waals surface area contributed by atoms with Gasteiger partial charge in [-0.25, -0.2) is 0 Å². The summed E-state index contributed by atoms with van der Waals surface area (Å²) >= 11 is 0. The molecule has 22 heavy (non-hydrogen) atoms. The van der Waals surface area contributed by atoms with Crippen LogP contribution in [-0.4, -0.2) is 18.2 Å². The highest BCUT2D eigenvalue weighted by Crippen LogP contribution is 2.27. The third-order valence-corrected chi connectivity index (χ3v) is 3.50. The van der Waals surface area contributed by atoms with Crippen molar-refractivity contribution >= 4 is 6.29 Å². The lowest BCUT2D eigenvalue weighted by Crippen LogP contribution is -2.20. The Morgan fingerprint density at radius 3 is 1.91 bits per heavy atom. The summed E-state index contributed by atoms with van der Waals surface area (Å²) in [6.07, 6.45) is 6.58. The van der Waals surface area contributed by atoms with E-state index < -0.39 is 0 Å². The zero-order valence-electron chi connectivity index (χ0n) is 13.0. The number of allylic oxidation sites excluding steroid dienone is 3. The van der Waals surface area contributed by atoms with Gasteiger partial charge < -0.3 is 4.90 Å². The molecule has 0 radical (unpaired) electrons. The zero-order valence-corrected chi connectivity index (χ0v) is 13.0. The molecule has 0 aliphatic rings. The van der Waals surface area contributed by atoms with E-state index in [1.807, 2.05) is 37.5 Å². The maximum absolute atomic E-state index is 10.6. The molecule has 0 unspecified atom stereocenters. The number of nitrogens with zero attached hydrogens (tertiary/aromatic N) is 1. The van der Waals surface area contributed by atoms with Crippen LogP contribution in [-0.2, 0) is 4.79 Å². The lowest BCUT2D eigenvalue weighted by Gasteiger charge is -2.28. The highest BCUT2D eigenvalue weighted by Gasteiger charge is 2.16. The summed E-state index contributed by atoms with van der Waals surface area (Å²) in [5, 5.41) is 0. The van der Waals surface area contributed by atoms with Crippen LogP contribution < -0.4 is 0 Å². The Hall–Kier alpha value is -2.61. The third kappa shape index (κ3) is 4.19. The van der Waals surface area contributed by atoms with Crippen LogP contribution in [0, 0.1) is 0 Å². The molecule has 0 aliphatic heterocycles. The van der Waals surface area contributed by atoms with Gasteiger partial charge in [0.15, 0.2) is 0 Å². The van der Waals surface area contributed by atoms with Crippen molar-refractivity contribution in [3.05, 3.63) is 95.7 Å². The Balaban J connectivity index is 2.31. The summed E-state index contributed by atoms with van der Waals surface area (Å²) < 4.78 is 0. The van der Waals surface area contributed by atoms with Crippen LogP contribution in [0.15, 0.2) is 84.6 Å². The molecule has 2 aromatic carbocycles. The Bertz CT molecular complexity index is 604. The standard InChI is InChI=1S/C20H21NO/c1-17(16-22)10-9-15-21(2)20(18-11-5-3-6-12-18)19-13-7-4-8-14-19/h3-16,20H,1-2H3/b15-9-,17-10-. The van der Waals surface area contributed by atoms with E-state index in [2.05, 4.69) is 53.4 Å². The molecular weight excluding hydrogens is 270 g/mol. The van der Waals surface area contributed by atoms with E-state index in [9.17, 15) is 4.79 Å². The number of carbonyl (C=O) groups excluding carboxylic acids is 1. The van der Waals surface area contributed by atoms with Gasteiger partial charge in [0.2, 0.25) is 0 Å². The van der Waals surface area contributed by atoms with Crippen molar-refractivity contribution in [3.8, 4) is 0 Å². The highest BCUT2D eigenvalue weighted by molar-refractivity contribution is 5.72.